The first-order valence-corrected chi connectivity index (χ1v) is 11.0. The fourth-order valence-electron chi connectivity index (χ4n) is 4.17. The largest absolute Gasteiger partial charge is 0.497 e. The molecule has 172 valence electrons. The van der Waals surface area contributed by atoms with Gasteiger partial charge < -0.3 is 14.4 Å². The van der Waals surface area contributed by atoms with E-state index in [1.807, 2.05) is 49.4 Å². The fourth-order valence-corrected chi connectivity index (χ4v) is 4.17. The minimum Gasteiger partial charge on any atom is -0.497 e. The number of aromatic nitrogens is 4. The van der Waals surface area contributed by atoms with Crippen molar-refractivity contribution >= 4 is 17.6 Å². The van der Waals surface area contributed by atoms with Gasteiger partial charge in [0.2, 0.25) is 5.91 Å². The van der Waals surface area contributed by atoms with Crippen LogP contribution in [0.1, 0.15) is 43.6 Å². The summed E-state index contributed by atoms with van der Waals surface area (Å²) in [6.45, 7) is 2.66. The minimum atomic E-state index is -0.525. The maximum Gasteiger partial charge on any atom is 0.311 e. The topological polar surface area (TPSA) is 99.4 Å². The second-order valence-corrected chi connectivity index (χ2v) is 7.89. The smallest absolute Gasteiger partial charge is 0.311 e. The molecule has 33 heavy (non-hydrogen) atoms. The van der Waals surface area contributed by atoms with Crippen molar-refractivity contribution in [1.82, 2.24) is 20.2 Å². The summed E-state index contributed by atoms with van der Waals surface area (Å²) in [6.07, 6.45) is 1.52. The summed E-state index contributed by atoms with van der Waals surface area (Å²) in [5.41, 5.74) is 1.58. The number of ether oxygens (including phenoxy) is 2. The molecule has 0 bridgehead atoms. The zero-order chi connectivity index (χ0) is 23.2. The summed E-state index contributed by atoms with van der Waals surface area (Å²) in [5.74, 6) is 0.258. The van der Waals surface area contributed by atoms with E-state index in [2.05, 4.69) is 15.5 Å². The number of hydrogen-bond donors (Lipinski definition) is 0. The molecule has 0 radical (unpaired) electrons. The predicted molar refractivity (Wildman–Crippen MR) is 120 cm³/mol. The second kappa shape index (κ2) is 10.2. The van der Waals surface area contributed by atoms with Gasteiger partial charge in [-0.05, 0) is 53.1 Å². The Morgan fingerprint density at radius 2 is 1.88 bits per heavy atom. The third-order valence-electron chi connectivity index (χ3n) is 5.78. The molecule has 0 spiro atoms. The number of methoxy groups -OCH3 is 1. The summed E-state index contributed by atoms with van der Waals surface area (Å²) in [5, 5.41) is 11.6. The zero-order valence-corrected chi connectivity index (χ0v) is 18.8. The van der Waals surface area contributed by atoms with Gasteiger partial charge in [0.1, 0.15) is 5.75 Å². The average Bonchev–Trinajstić information content (AvgIpc) is 3.30. The van der Waals surface area contributed by atoms with Crippen LogP contribution < -0.4 is 9.64 Å². The number of carbonyl (C=O) groups is 2. The van der Waals surface area contributed by atoms with Crippen LogP contribution in [0.3, 0.4) is 0 Å². The molecule has 0 N–H and O–H groups in total. The first kappa shape index (κ1) is 22.4. The second-order valence-electron chi connectivity index (χ2n) is 7.89. The van der Waals surface area contributed by atoms with E-state index in [-0.39, 0.29) is 24.9 Å². The quantitative estimate of drug-likeness (QED) is 0.487. The van der Waals surface area contributed by atoms with Crippen LogP contribution in [0, 0.1) is 5.92 Å². The lowest BCUT2D eigenvalue weighted by atomic mass is 9.84. The van der Waals surface area contributed by atoms with Crippen molar-refractivity contribution in [3.63, 3.8) is 0 Å². The van der Waals surface area contributed by atoms with E-state index >= 15 is 0 Å². The monoisotopic (exact) mass is 449 g/mol. The lowest BCUT2D eigenvalue weighted by Gasteiger charge is -2.40. The molecule has 0 unspecified atom stereocenters. The molecule has 3 aromatic rings. The minimum absolute atomic E-state index is 0.0136. The highest BCUT2D eigenvalue weighted by atomic mass is 16.5. The zero-order valence-electron chi connectivity index (χ0n) is 18.8. The summed E-state index contributed by atoms with van der Waals surface area (Å²) in [4.78, 5) is 28.0. The molecule has 1 aliphatic heterocycles. The van der Waals surface area contributed by atoms with Gasteiger partial charge in [-0.3, -0.25) is 9.59 Å². The number of benzene rings is 2. The van der Waals surface area contributed by atoms with Gasteiger partial charge in [0.25, 0.3) is 0 Å². The van der Waals surface area contributed by atoms with Gasteiger partial charge in [0, 0.05) is 18.7 Å². The van der Waals surface area contributed by atoms with Gasteiger partial charge in [-0.2, -0.15) is 0 Å². The molecule has 1 amide bonds. The van der Waals surface area contributed by atoms with Crippen LogP contribution in [0.4, 0.5) is 5.69 Å². The Morgan fingerprint density at radius 3 is 2.58 bits per heavy atom. The summed E-state index contributed by atoms with van der Waals surface area (Å²) in [6, 6.07) is 16.4. The van der Waals surface area contributed by atoms with Gasteiger partial charge in [0.15, 0.2) is 12.4 Å². The Hall–Kier alpha value is -3.75. The number of hydrogen-bond acceptors (Lipinski definition) is 7. The average molecular weight is 450 g/mol. The number of aryl methyl sites for hydroxylation is 1. The number of carbonyl (C=O) groups excluding carboxylic acids is 2. The molecule has 0 aliphatic carbocycles. The van der Waals surface area contributed by atoms with E-state index in [1.54, 1.807) is 28.8 Å². The molecular formula is C24H27N5O4. The Balaban J connectivity index is 1.62. The van der Waals surface area contributed by atoms with Crippen LogP contribution in [0.2, 0.25) is 0 Å². The number of esters is 1. The highest BCUT2D eigenvalue weighted by molar-refractivity contribution is 5.97. The van der Waals surface area contributed by atoms with Gasteiger partial charge >= 0.3 is 5.97 Å². The normalized spacial score (nSPS) is 18.2. The molecule has 1 aliphatic rings. The SMILES string of the molecule is CCCn1nnnc1COC(=O)[C@@H]1CCC(=O)N(c2ccc(OC)cc2)[C@@H]1c1ccccc1. The number of nitrogens with zero attached hydrogens (tertiary/aromatic N) is 5. The molecule has 9 nitrogen and oxygen atoms in total. The van der Waals surface area contributed by atoms with Gasteiger partial charge in [0.05, 0.1) is 19.1 Å². The Morgan fingerprint density at radius 1 is 1.12 bits per heavy atom. The van der Waals surface area contributed by atoms with Crippen LogP contribution in [-0.2, 0) is 27.5 Å². The molecule has 1 fully saturated rings. The van der Waals surface area contributed by atoms with Crippen molar-refractivity contribution in [1.29, 1.82) is 0 Å². The first-order chi connectivity index (χ1) is 16.1. The third kappa shape index (κ3) is 4.87. The molecule has 1 saturated heterocycles. The number of piperidine rings is 1. The Labute approximate surface area is 192 Å². The van der Waals surface area contributed by atoms with Crippen molar-refractivity contribution in [3.05, 3.63) is 66.0 Å². The Bertz CT molecular complexity index is 1080. The number of tetrazole rings is 1. The van der Waals surface area contributed by atoms with E-state index in [0.29, 0.717) is 30.2 Å². The van der Waals surface area contributed by atoms with E-state index in [9.17, 15) is 9.59 Å². The highest BCUT2D eigenvalue weighted by Crippen LogP contribution is 2.41. The predicted octanol–water partition coefficient (Wildman–Crippen LogP) is 3.32. The summed E-state index contributed by atoms with van der Waals surface area (Å²) in [7, 11) is 1.59. The van der Waals surface area contributed by atoms with E-state index < -0.39 is 12.0 Å². The molecular weight excluding hydrogens is 422 g/mol. The van der Waals surface area contributed by atoms with Crippen LogP contribution in [-0.4, -0.2) is 39.2 Å². The van der Waals surface area contributed by atoms with E-state index in [1.165, 1.54) is 0 Å². The van der Waals surface area contributed by atoms with Crippen LogP contribution >= 0.6 is 0 Å². The van der Waals surface area contributed by atoms with Crippen LogP contribution in [0.25, 0.3) is 0 Å². The van der Waals surface area contributed by atoms with Gasteiger partial charge in [-0.25, -0.2) is 4.68 Å². The fraction of sp³-hybridized carbons (Fsp3) is 0.375. The first-order valence-electron chi connectivity index (χ1n) is 11.0. The molecule has 4 rings (SSSR count). The molecule has 2 aromatic carbocycles. The van der Waals surface area contributed by atoms with Crippen LogP contribution in [0.5, 0.6) is 5.75 Å². The van der Waals surface area contributed by atoms with E-state index in [4.69, 9.17) is 9.47 Å². The molecule has 0 saturated carbocycles. The van der Waals surface area contributed by atoms with Crippen molar-refractivity contribution in [2.75, 3.05) is 12.0 Å². The van der Waals surface area contributed by atoms with Crippen molar-refractivity contribution in [2.24, 2.45) is 5.92 Å². The summed E-state index contributed by atoms with van der Waals surface area (Å²) < 4.78 is 12.5. The molecule has 1 aromatic heterocycles. The maximum atomic E-state index is 13.3. The molecule has 9 heteroatoms. The highest BCUT2D eigenvalue weighted by Gasteiger charge is 2.42. The maximum absolute atomic E-state index is 13.3. The van der Waals surface area contributed by atoms with Crippen molar-refractivity contribution in [2.45, 2.75) is 45.4 Å². The van der Waals surface area contributed by atoms with Gasteiger partial charge in [-0.1, -0.05) is 37.3 Å². The Kier molecular flexibility index (Phi) is 6.97. The number of rotatable bonds is 8. The summed E-state index contributed by atoms with van der Waals surface area (Å²) >= 11 is 0. The number of amides is 1. The lowest BCUT2D eigenvalue weighted by molar-refractivity contribution is -0.152. The van der Waals surface area contributed by atoms with E-state index in [0.717, 1.165) is 12.0 Å². The van der Waals surface area contributed by atoms with Crippen molar-refractivity contribution in [3.8, 4) is 5.75 Å². The van der Waals surface area contributed by atoms with Crippen LogP contribution in [0.15, 0.2) is 54.6 Å². The van der Waals surface area contributed by atoms with Crippen molar-refractivity contribution < 1.29 is 19.1 Å². The number of anilines is 1. The lowest BCUT2D eigenvalue weighted by Crippen LogP contribution is -2.46. The standard InChI is InChI=1S/C24H27N5O4/c1-3-15-28-21(25-26-27-28)16-33-24(31)20-13-14-22(30)29(18-9-11-19(32-2)12-10-18)23(20)17-7-5-4-6-8-17/h4-12,20,23H,3,13-16H2,1-2H3/t20-,23-/m1/s1. The van der Waals surface area contributed by atoms with Gasteiger partial charge in [-0.15, -0.1) is 5.10 Å². The molecule has 2 heterocycles. The third-order valence-corrected chi connectivity index (χ3v) is 5.78. The molecule has 2 atom stereocenters.